The molecule has 0 unspecified atom stereocenters. The largest absolute Gasteiger partial charge is 0.569 e. The van der Waals surface area contributed by atoms with Crippen LogP contribution in [0.3, 0.4) is 0 Å². The van der Waals surface area contributed by atoms with Gasteiger partial charge in [-0.15, -0.1) is 0 Å². The third kappa shape index (κ3) is 3.61. The van der Waals surface area contributed by atoms with E-state index in [4.69, 9.17) is 19.6 Å². The van der Waals surface area contributed by atoms with Gasteiger partial charge in [0.15, 0.2) is 0 Å². The molecular weight excluding hydrogens is 354 g/mol. The fourth-order valence-electron chi connectivity index (χ4n) is 2.97. The Balaban J connectivity index is 1.87. The number of benzene rings is 3. The summed E-state index contributed by atoms with van der Waals surface area (Å²) in [6.07, 6.45) is 0. The Labute approximate surface area is 162 Å². The van der Waals surface area contributed by atoms with Crippen LogP contribution >= 0.6 is 0 Å². The average Bonchev–Trinajstić information content (AvgIpc) is 2.74. The van der Waals surface area contributed by atoms with Gasteiger partial charge >= 0.3 is 14.8 Å². The van der Waals surface area contributed by atoms with Gasteiger partial charge < -0.3 is 19.7 Å². The second-order valence-electron chi connectivity index (χ2n) is 6.15. The summed E-state index contributed by atoms with van der Waals surface area (Å²) in [4.78, 5) is 9.59. The van der Waals surface area contributed by atoms with Gasteiger partial charge in [0.25, 0.3) is 0 Å². The minimum absolute atomic E-state index is 0.404. The Hall–Kier alpha value is -3.19. The molecule has 0 aliphatic carbocycles. The molecule has 3 aromatic carbocycles. The van der Waals surface area contributed by atoms with Crippen molar-refractivity contribution in [2.24, 2.45) is 0 Å². The SMILES string of the molecule is O[B]Oc1ccc(-c2nc3ccccc3nc2-c2ccc(B(O)O)cc2)cc1. The molecule has 4 aromatic rings. The van der Waals surface area contributed by atoms with Crippen LogP contribution < -0.4 is 10.1 Å². The molecule has 0 amide bonds. The van der Waals surface area contributed by atoms with Gasteiger partial charge in [-0.2, -0.15) is 0 Å². The highest BCUT2D eigenvalue weighted by Gasteiger charge is 2.15. The van der Waals surface area contributed by atoms with Gasteiger partial charge in [-0.3, -0.25) is 0 Å². The second kappa shape index (κ2) is 7.82. The highest BCUT2D eigenvalue weighted by molar-refractivity contribution is 6.58. The molecule has 3 N–H and O–H groups in total. The molecule has 0 aliphatic rings. The van der Waals surface area contributed by atoms with E-state index >= 15 is 0 Å². The number of hydrogen-bond acceptors (Lipinski definition) is 6. The Morgan fingerprint density at radius 2 is 1.21 bits per heavy atom. The molecule has 0 atom stereocenters. The normalized spacial score (nSPS) is 10.7. The highest BCUT2D eigenvalue weighted by Crippen LogP contribution is 2.31. The van der Waals surface area contributed by atoms with E-state index in [2.05, 4.69) is 0 Å². The van der Waals surface area contributed by atoms with Crippen molar-refractivity contribution < 1.29 is 19.7 Å². The lowest BCUT2D eigenvalue weighted by atomic mass is 9.80. The Morgan fingerprint density at radius 3 is 1.68 bits per heavy atom. The van der Waals surface area contributed by atoms with Crippen LogP contribution in [0.5, 0.6) is 5.75 Å². The molecule has 1 radical (unpaired) electrons. The molecule has 28 heavy (non-hydrogen) atoms. The van der Waals surface area contributed by atoms with E-state index in [-0.39, 0.29) is 0 Å². The monoisotopic (exact) mass is 369 g/mol. The van der Waals surface area contributed by atoms with Crippen LogP contribution in [0.25, 0.3) is 33.5 Å². The first-order valence-electron chi connectivity index (χ1n) is 8.62. The van der Waals surface area contributed by atoms with Crippen LogP contribution in [0.4, 0.5) is 0 Å². The third-order valence-electron chi connectivity index (χ3n) is 4.37. The van der Waals surface area contributed by atoms with Crippen molar-refractivity contribution in [2.45, 2.75) is 0 Å². The van der Waals surface area contributed by atoms with Gasteiger partial charge in [0.2, 0.25) is 0 Å². The van der Waals surface area contributed by atoms with E-state index in [0.717, 1.165) is 22.2 Å². The quantitative estimate of drug-likeness (QED) is 0.462. The van der Waals surface area contributed by atoms with Crippen LogP contribution in [0.1, 0.15) is 0 Å². The van der Waals surface area contributed by atoms with Crippen molar-refractivity contribution in [3.63, 3.8) is 0 Å². The highest BCUT2D eigenvalue weighted by atomic mass is 16.5. The van der Waals surface area contributed by atoms with Crippen molar-refractivity contribution >= 4 is 31.3 Å². The number of aromatic nitrogens is 2. The number of para-hydroxylation sites is 2. The van der Waals surface area contributed by atoms with Crippen molar-refractivity contribution in [3.8, 4) is 28.3 Å². The first-order chi connectivity index (χ1) is 13.7. The van der Waals surface area contributed by atoms with E-state index in [9.17, 15) is 10.0 Å². The topological polar surface area (TPSA) is 95.7 Å². The first kappa shape index (κ1) is 18.2. The Morgan fingerprint density at radius 1 is 0.714 bits per heavy atom. The van der Waals surface area contributed by atoms with E-state index in [1.165, 1.54) is 0 Å². The molecule has 1 heterocycles. The van der Waals surface area contributed by atoms with E-state index in [0.29, 0.717) is 30.3 Å². The minimum Gasteiger partial charge on any atom is -0.537 e. The van der Waals surface area contributed by atoms with E-state index in [1.807, 2.05) is 36.4 Å². The fourth-order valence-corrected chi connectivity index (χ4v) is 2.97. The standard InChI is InChI=1S/C20H15B2N2O4/c25-21-28-16-11-7-14(8-12-16)20-19(13-5-9-15(10-6-13)22(26)27)23-17-3-1-2-4-18(17)24-20/h1-12,25-27H. The summed E-state index contributed by atoms with van der Waals surface area (Å²) < 4.78 is 4.96. The second-order valence-corrected chi connectivity index (χ2v) is 6.15. The lowest BCUT2D eigenvalue weighted by Gasteiger charge is -2.12. The van der Waals surface area contributed by atoms with Gasteiger partial charge in [0, 0.05) is 11.1 Å². The zero-order chi connectivity index (χ0) is 19.5. The van der Waals surface area contributed by atoms with Crippen LogP contribution in [0, 0.1) is 0 Å². The van der Waals surface area contributed by atoms with Gasteiger partial charge in [-0.05, 0) is 41.9 Å². The maximum Gasteiger partial charge on any atom is 0.569 e. The smallest absolute Gasteiger partial charge is 0.537 e. The molecule has 6 nitrogen and oxygen atoms in total. The molecule has 135 valence electrons. The summed E-state index contributed by atoms with van der Waals surface area (Å²) >= 11 is 0. The van der Waals surface area contributed by atoms with Crippen molar-refractivity contribution in [1.82, 2.24) is 9.97 Å². The van der Waals surface area contributed by atoms with Gasteiger partial charge in [0.1, 0.15) is 5.75 Å². The zero-order valence-corrected chi connectivity index (χ0v) is 14.7. The average molecular weight is 369 g/mol. The molecule has 0 saturated heterocycles. The summed E-state index contributed by atoms with van der Waals surface area (Å²) in [5, 5.41) is 27.4. The van der Waals surface area contributed by atoms with Crippen molar-refractivity contribution in [3.05, 3.63) is 72.8 Å². The van der Waals surface area contributed by atoms with Gasteiger partial charge in [-0.1, -0.05) is 36.4 Å². The molecule has 8 heteroatoms. The molecule has 0 spiro atoms. The lowest BCUT2D eigenvalue weighted by molar-refractivity contribution is 0.426. The maximum atomic E-state index is 9.32. The molecular formula is C20H15B2N2O4. The van der Waals surface area contributed by atoms with Crippen LogP contribution in [-0.4, -0.2) is 39.8 Å². The van der Waals surface area contributed by atoms with Crippen LogP contribution in [0.15, 0.2) is 72.8 Å². The van der Waals surface area contributed by atoms with Gasteiger partial charge in [0.05, 0.1) is 22.4 Å². The molecule has 0 bridgehead atoms. The maximum absolute atomic E-state index is 9.32. The van der Waals surface area contributed by atoms with Crippen LogP contribution in [-0.2, 0) is 0 Å². The van der Waals surface area contributed by atoms with Crippen LogP contribution in [0.2, 0.25) is 0 Å². The number of nitrogens with zero attached hydrogens (tertiary/aromatic N) is 2. The predicted molar refractivity (Wildman–Crippen MR) is 109 cm³/mol. The van der Waals surface area contributed by atoms with Crippen molar-refractivity contribution in [1.29, 1.82) is 0 Å². The van der Waals surface area contributed by atoms with E-state index in [1.54, 1.807) is 36.4 Å². The predicted octanol–water partition coefficient (Wildman–Crippen LogP) is 1.55. The molecule has 0 fully saturated rings. The number of rotatable bonds is 5. The third-order valence-corrected chi connectivity index (χ3v) is 4.37. The molecule has 0 aliphatic heterocycles. The fraction of sp³-hybridized carbons (Fsp3) is 0. The summed E-state index contributed by atoms with van der Waals surface area (Å²) in [6.45, 7) is 0. The van der Waals surface area contributed by atoms with Gasteiger partial charge in [-0.25, -0.2) is 9.97 Å². The Kier molecular flexibility index (Phi) is 5.08. The minimum atomic E-state index is -1.52. The summed E-state index contributed by atoms with van der Waals surface area (Å²) in [5.41, 5.74) is 4.96. The summed E-state index contributed by atoms with van der Waals surface area (Å²) in [6, 6.07) is 21.6. The Bertz CT molecular complexity index is 1100. The molecule has 0 saturated carbocycles. The summed E-state index contributed by atoms with van der Waals surface area (Å²) in [7, 11) is -0.889. The molecule has 4 rings (SSSR count). The first-order valence-corrected chi connectivity index (χ1v) is 8.62. The number of hydrogen-bond donors (Lipinski definition) is 3. The van der Waals surface area contributed by atoms with Crippen molar-refractivity contribution in [2.75, 3.05) is 0 Å². The van der Waals surface area contributed by atoms with E-state index < -0.39 is 7.12 Å². The summed E-state index contributed by atoms with van der Waals surface area (Å²) in [5.74, 6) is 0.503. The lowest BCUT2D eigenvalue weighted by Crippen LogP contribution is -2.29. The zero-order valence-electron chi connectivity index (χ0n) is 14.7. The number of fused-ring (bicyclic) bond motifs is 1. The molecule has 1 aromatic heterocycles.